The third-order valence-corrected chi connectivity index (χ3v) is 7.30. The average molecular weight is 523 g/mol. The molecule has 0 spiro atoms. The smallest absolute Gasteiger partial charge is 0.262 e. The number of rotatable bonds is 5. The maximum atomic E-state index is 13.3. The Bertz CT molecular complexity index is 1610. The minimum absolute atomic E-state index is 0.0620. The molecule has 2 atom stereocenters. The molecule has 0 radical (unpaired) electrons. The number of benzene rings is 1. The summed E-state index contributed by atoms with van der Waals surface area (Å²) in [5.74, 6) is 5.60. The zero-order valence-electron chi connectivity index (χ0n) is 19.7. The van der Waals surface area contributed by atoms with Crippen LogP contribution in [0.3, 0.4) is 0 Å². The largest absolute Gasteiger partial charge is 0.480 e. The first-order valence-electron chi connectivity index (χ1n) is 11.4. The van der Waals surface area contributed by atoms with Gasteiger partial charge in [0.05, 0.1) is 35.6 Å². The lowest BCUT2D eigenvalue weighted by atomic mass is 9.95. The number of β-amino-alcohol motifs (C(OH)–C–C–N with tert-alkyl or cyclic N) is 1. The zero-order chi connectivity index (χ0) is 26.0. The summed E-state index contributed by atoms with van der Waals surface area (Å²) < 4.78 is 48.2. The molecule has 190 valence electrons. The van der Waals surface area contributed by atoms with Crippen molar-refractivity contribution in [2.45, 2.75) is 17.4 Å². The minimum Gasteiger partial charge on any atom is -0.480 e. The topological polar surface area (TPSA) is 131 Å². The van der Waals surface area contributed by atoms with Crippen molar-refractivity contribution in [2.75, 3.05) is 24.9 Å². The van der Waals surface area contributed by atoms with E-state index in [1.54, 1.807) is 29.0 Å². The van der Waals surface area contributed by atoms with E-state index in [0.29, 0.717) is 29.0 Å². The van der Waals surface area contributed by atoms with Gasteiger partial charge in [0.2, 0.25) is 5.88 Å². The normalized spacial score (nSPS) is 17.7. The number of aliphatic hydroxyl groups is 1. The highest BCUT2D eigenvalue weighted by molar-refractivity contribution is 7.92. The summed E-state index contributed by atoms with van der Waals surface area (Å²) in [5, 5.41) is 17.6. The number of methoxy groups -OCH3 is 1. The number of hydrogen-bond donors (Lipinski definition) is 3. The number of nitrogens with one attached hydrogen (secondary N) is 2. The Hall–Kier alpha value is -4.05. The van der Waals surface area contributed by atoms with E-state index in [1.807, 2.05) is 0 Å². The SMILES string of the molecule is COc1ncc(-c2ccn3ncc(C#CC4CCNCC4O)c3n2)cc1NS(=O)(=O)c1ccc(F)cc1. The van der Waals surface area contributed by atoms with Gasteiger partial charge >= 0.3 is 0 Å². The second kappa shape index (κ2) is 10.1. The first kappa shape index (κ1) is 24.6. The minimum atomic E-state index is -4.03. The van der Waals surface area contributed by atoms with Crippen LogP contribution < -0.4 is 14.8 Å². The maximum Gasteiger partial charge on any atom is 0.262 e. The van der Waals surface area contributed by atoms with Gasteiger partial charge in [-0.15, -0.1) is 0 Å². The Morgan fingerprint density at radius 1 is 1.24 bits per heavy atom. The summed E-state index contributed by atoms with van der Waals surface area (Å²) in [6.45, 7) is 1.31. The van der Waals surface area contributed by atoms with Gasteiger partial charge in [0.15, 0.2) is 5.65 Å². The summed E-state index contributed by atoms with van der Waals surface area (Å²) in [5.41, 5.74) is 2.24. The molecule has 5 rings (SSSR count). The summed E-state index contributed by atoms with van der Waals surface area (Å²) in [6.07, 6.45) is 5.06. The van der Waals surface area contributed by atoms with E-state index in [0.717, 1.165) is 25.1 Å². The highest BCUT2D eigenvalue weighted by Crippen LogP contribution is 2.30. The van der Waals surface area contributed by atoms with Crippen molar-refractivity contribution in [1.82, 2.24) is 24.9 Å². The van der Waals surface area contributed by atoms with Crippen molar-refractivity contribution in [1.29, 1.82) is 0 Å². The molecular weight excluding hydrogens is 499 g/mol. The van der Waals surface area contributed by atoms with Crippen LogP contribution in [0.4, 0.5) is 10.1 Å². The molecule has 4 aromatic rings. The second-order valence-corrected chi connectivity index (χ2v) is 10.1. The van der Waals surface area contributed by atoms with E-state index in [4.69, 9.17) is 4.74 Å². The van der Waals surface area contributed by atoms with Gasteiger partial charge in [0.1, 0.15) is 11.5 Å². The first-order chi connectivity index (χ1) is 17.8. The van der Waals surface area contributed by atoms with Crippen LogP contribution in [0, 0.1) is 23.6 Å². The molecule has 2 unspecified atom stereocenters. The molecule has 1 fully saturated rings. The number of ether oxygens (including phenoxy) is 1. The Morgan fingerprint density at radius 3 is 2.81 bits per heavy atom. The summed E-state index contributed by atoms with van der Waals surface area (Å²) in [4.78, 5) is 8.79. The third kappa shape index (κ3) is 5.24. The number of nitrogens with zero attached hydrogens (tertiary/aromatic N) is 4. The van der Waals surface area contributed by atoms with Crippen molar-refractivity contribution >= 4 is 21.4 Å². The predicted octanol–water partition coefficient (Wildman–Crippen LogP) is 2.06. The molecule has 0 bridgehead atoms. The number of hydrogen-bond acceptors (Lipinski definition) is 8. The van der Waals surface area contributed by atoms with Gasteiger partial charge in [-0.2, -0.15) is 5.10 Å². The molecule has 3 N–H and O–H groups in total. The number of aliphatic hydroxyl groups excluding tert-OH is 1. The fourth-order valence-electron chi connectivity index (χ4n) is 3.94. The highest BCUT2D eigenvalue weighted by Gasteiger charge is 2.21. The predicted molar refractivity (Wildman–Crippen MR) is 134 cm³/mol. The quantitative estimate of drug-likeness (QED) is 0.340. The van der Waals surface area contributed by atoms with E-state index in [-0.39, 0.29) is 22.4 Å². The number of aromatic nitrogens is 4. The van der Waals surface area contributed by atoms with E-state index in [9.17, 15) is 17.9 Å². The molecule has 1 saturated heterocycles. The molecule has 1 aliphatic heterocycles. The summed E-state index contributed by atoms with van der Waals surface area (Å²) in [7, 11) is -2.66. The van der Waals surface area contributed by atoms with Gasteiger partial charge in [-0.1, -0.05) is 11.8 Å². The van der Waals surface area contributed by atoms with E-state index in [1.165, 1.54) is 25.4 Å². The molecular formula is C25H23FN6O4S. The molecule has 10 nitrogen and oxygen atoms in total. The van der Waals surface area contributed by atoms with Crippen LogP contribution in [0.25, 0.3) is 16.9 Å². The number of pyridine rings is 1. The first-order valence-corrected chi connectivity index (χ1v) is 12.9. The monoisotopic (exact) mass is 522 g/mol. The number of anilines is 1. The van der Waals surface area contributed by atoms with Crippen molar-refractivity contribution in [2.24, 2.45) is 5.92 Å². The van der Waals surface area contributed by atoms with E-state index < -0.39 is 21.9 Å². The summed E-state index contributed by atoms with van der Waals surface area (Å²) >= 11 is 0. The third-order valence-electron chi connectivity index (χ3n) is 5.92. The van der Waals surface area contributed by atoms with Gasteiger partial charge in [-0.25, -0.2) is 27.3 Å². The summed E-state index contributed by atoms with van der Waals surface area (Å²) in [6, 6.07) is 7.74. The van der Waals surface area contributed by atoms with Crippen LogP contribution in [-0.2, 0) is 10.0 Å². The lowest BCUT2D eigenvalue weighted by molar-refractivity contribution is 0.109. The van der Waals surface area contributed by atoms with Crippen LogP contribution in [0.15, 0.2) is 59.9 Å². The lowest BCUT2D eigenvalue weighted by Crippen LogP contribution is -2.39. The van der Waals surface area contributed by atoms with Crippen LogP contribution in [-0.4, -0.2) is 59.4 Å². The van der Waals surface area contributed by atoms with Gasteiger partial charge in [0, 0.05) is 30.4 Å². The standard InChI is InChI=1S/C25H23FN6O4S/c1-36-25-22(31-37(34,35)20-6-4-19(26)5-7-20)12-18(13-28-25)21-9-11-32-24(30-21)17(14-29-32)3-2-16-8-10-27-15-23(16)33/h4-7,9,11-14,16,23,27,31,33H,8,10,15H2,1H3. The second-order valence-electron chi connectivity index (χ2n) is 8.42. The number of piperidine rings is 1. The fourth-order valence-corrected chi connectivity index (χ4v) is 4.99. The van der Waals surface area contributed by atoms with Crippen molar-refractivity contribution < 1.29 is 22.7 Å². The molecule has 4 heterocycles. The number of halogens is 1. The Morgan fingerprint density at radius 2 is 2.05 bits per heavy atom. The van der Waals surface area contributed by atoms with Gasteiger partial charge in [-0.05, 0) is 49.4 Å². The Labute approximate surface area is 212 Å². The average Bonchev–Trinajstić information content (AvgIpc) is 3.30. The molecule has 37 heavy (non-hydrogen) atoms. The molecule has 3 aromatic heterocycles. The van der Waals surface area contributed by atoms with Crippen molar-refractivity contribution in [3.05, 3.63) is 66.4 Å². The van der Waals surface area contributed by atoms with Gasteiger partial charge in [-0.3, -0.25) is 4.72 Å². The molecule has 1 aliphatic rings. The Balaban J connectivity index is 1.48. The molecule has 0 amide bonds. The maximum absolute atomic E-state index is 13.3. The fraction of sp³-hybridized carbons (Fsp3) is 0.240. The Kier molecular flexibility index (Phi) is 6.75. The molecule has 0 saturated carbocycles. The number of fused-ring (bicyclic) bond motifs is 1. The number of sulfonamides is 1. The van der Waals surface area contributed by atoms with Gasteiger partial charge < -0.3 is 15.2 Å². The molecule has 12 heteroatoms. The molecule has 1 aromatic carbocycles. The van der Waals surface area contributed by atoms with Gasteiger partial charge in [0.25, 0.3) is 10.0 Å². The van der Waals surface area contributed by atoms with Crippen LogP contribution >= 0.6 is 0 Å². The van der Waals surface area contributed by atoms with Crippen molar-refractivity contribution in [3.63, 3.8) is 0 Å². The van der Waals surface area contributed by atoms with E-state index in [2.05, 4.69) is 36.9 Å². The van der Waals surface area contributed by atoms with E-state index >= 15 is 0 Å². The lowest BCUT2D eigenvalue weighted by Gasteiger charge is -2.23. The zero-order valence-corrected chi connectivity index (χ0v) is 20.5. The molecule has 0 aliphatic carbocycles. The highest BCUT2D eigenvalue weighted by atomic mass is 32.2. The van der Waals surface area contributed by atoms with Crippen LogP contribution in [0.1, 0.15) is 12.0 Å². The van der Waals surface area contributed by atoms with Crippen LogP contribution in [0.2, 0.25) is 0 Å². The van der Waals surface area contributed by atoms with Crippen molar-refractivity contribution in [3.8, 4) is 29.0 Å². The van der Waals surface area contributed by atoms with Crippen LogP contribution in [0.5, 0.6) is 5.88 Å².